The Bertz CT molecular complexity index is 234. The van der Waals surface area contributed by atoms with Crippen molar-refractivity contribution in [1.82, 2.24) is 0 Å². The first-order valence-electron chi connectivity index (χ1n) is 5.95. The molecule has 0 aliphatic carbocycles. The summed E-state index contributed by atoms with van der Waals surface area (Å²) >= 11 is 0. The summed E-state index contributed by atoms with van der Waals surface area (Å²) in [7, 11) is 0. The SMILES string of the molecule is CC(C)CC([NH-])C(=O)O.CC(C)CC([NH-])C(=O)O.[Sn+2]. The van der Waals surface area contributed by atoms with E-state index in [4.69, 9.17) is 21.7 Å². The van der Waals surface area contributed by atoms with E-state index in [0.717, 1.165) is 0 Å². The molecule has 0 saturated heterocycles. The molecule has 6 nitrogen and oxygen atoms in total. The van der Waals surface area contributed by atoms with Crippen molar-refractivity contribution >= 4 is 35.8 Å². The summed E-state index contributed by atoms with van der Waals surface area (Å²) in [5.74, 6) is -1.46. The van der Waals surface area contributed by atoms with Crippen molar-refractivity contribution in [1.29, 1.82) is 0 Å². The summed E-state index contributed by atoms with van der Waals surface area (Å²) in [6, 6.07) is -1.88. The van der Waals surface area contributed by atoms with Crippen molar-refractivity contribution < 1.29 is 19.8 Å². The maximum absolute atomic E-state index is 10.0. The van der Waals surface area contributed by atoms with Gasteiger partial charge in [-0.05, 0) is 23.9 Å². The van der Waals surface area contributed by atoms with Crippen molar-refractivity contribution in [2.45, 2.75) is 52.6 Å². The first kappa shape index (κ1) is 23.7. The van der Waals surface area contributed by atoms with Gasteiger partial charge in [0.1, 0.15) is 0 Å². The fourth-order valence-electron chi connectivity index (χ4n) is 1.14. The van der Waals surface area contributed by atoms with Crippen molar-refractivity contribution in [3.8, 4) is 0 Å². The standard InChI is InChI=1S/2C6H12NO2.Sn/c2*1-4(2)3-5(7)6(8)9;/h2*4-5,7H,3H2,1-2H3,(H,8,9);/q2*-1;+2. The molecule has 19 heavy (non-hydrogen) atoms. The molecule has 0 aromatic carbocycles. The first-order chi connectivity index (χ1) is 8.07. The van der Waals surface area contributed by atoms with Gasteiger partial charge in [-0.1, -0.05) is 40.5 Å². The minimum absolute atomic E-state index is 0. The minimum atomic E-state index is -1.02. The summed E-state index contributed by atoms with van der Waals surface area (Å²) in [6.45, 7) is 7.63. The second-order valence-corrected chi connectivity index (χ2v) is 5.04. The van der Waals surface area contributed by atoms with Gasteiger partial charge in [0, 0.05) is 0 Å². The second kappa shape index (κ2) is 12.7. The van der Waals surface area contributed by atoms with Gasteiger partial charge in [0.05, 0.1) is 0 Å². The van der Waals surface area contributed by atoms with Crippen molar-refractivity contribution in [3.05, 3.63) is 11.5 Å². The predicted molar refractivity (Wildman–Crippen MR) is 76.2 cm³/mol. The largest absolute Gasteiger partial charge is 2.00 e. The molecule has 0 aromatic heterocycles. The van der Waals surface area contributed by atoms with E-state index in [1.165, 1.54) is 0 Å². The summed E-state index contributed by atoms with van der Waals surface area (Å²) in [4.78, 5) is 20.1. The predicted octanol–water partition coefficient (Wildman–Crippen LogP) is 2.70. The van der Waals surface area contributed by atoms with E-state index in [2.05, 4.69) is 0 Å². The van der Waals surface area contributed by atoms with E-state index >= 15 is 0 Å². The Hall–Kier alpha value is -0.341. The molecule has 2 atom stereocenters. The van der Waals surface area contributed by atoms with Gasteiger partial charge in [0.2, 0.25) is 0 Å². The quantitative estimate of drug-likeness (QED) is 0.689. The number of carboxylic acids is 2. The smallest absolute Gasteiger partial charge is 0.665 e. The van der Waals surface area contributed by atoms with Crippen LogP contribution in [-0.2, 0) is 9.59 Å². The van der Waals surface area contributed by atoms with Gasteiger partial charge in [-0.25, -0.2) is 0 Å². The van der Waals surface area contributed by atoms with Crippen LogP contribution >= 0.6 is 0 Å². The van der Waals surface area contributed by atoms with Gasteiger partial charge in [0.15, 0.2) is 0 Å². The molecular weight excluding hydrogens is 355 g/mol. The second-order valence-electron chi connectivity index (χ2n) is 5.04. The summed E-state index contributed by atoms with van der Waals surface area (Å²) in [5, 5.41) is 16.5. The third-order valence-corrected chi connectivity index (χ3v) is 2.01. The average Bonchev–Trinajstić information content (AvgIpc) is 2.16. The topological polar surface area (TPSA) is 122 Å². The summed E-state index contributed by atoms with van der Waals surface area (Å²) in [5.41, 5.74) is 13.9. The van der Waals surface area contributed by atoms with E-state index in [1.54, 1.807) is 0 Å². The Kier molecular flexibility index (Phi) is 15.8. The molecule has 110 valence electrons. The number of nitrogens with one attached hydrogen (secondary N) is 2. The number of aliphatic carboxylic acids is 2. The first-order valence-corrected chi connectivity index (χ1v) is 5.95. The van der Waals surface area contributed by atoms with Crippen LogP contribution in [0.25, 0.3) is 11.5 Å². The van der Waals surface area contributed by atoms with Crippen LogP contribution in [0.15, 0.2) is 0 Å². The maximum Gasteiger partial charge on any atom is 2.00 e. The maximum atomic E-state index is 10.0. The number of carbonyl (C=O) groups is 2. The van der Waals surface area contributed by atoms with Crippen LogP contribution in [-0.4, -0.2) is 58.1 Å². The summed E-state index contributed by atoms with van der Waals surface area (Å²) < 4.78 is 0. The van der Waals surface area contributed by atoms with Gasteiger partial charge < -0.3 is 21.7 Å². The van der Waals surface area contributed by atoms with Crippen LogP contribution in [0.2, 0.25) is 0 Å². The zero-order valence-corrected chi connectivity index (χ0v) is 14.8. The fourth-order valence-corrected chi connectivity index (χ4v) is 1.14. The average molecular weight is 379 g/mol. The van der Waals surface area contributed by atoms with Gasteiger partial charge in [-0.3, -0.25) is 9.59 Å². The van der Waals surface area contributed by atoms with E-state index in [9.17, 15) is 9.59 Å². The zero-order chi connectivity index (χ0) is 14.9. The van der Waals surface area contributed by atoms with Crippen LogP contribution in [0, 0.1) is 11.8 Å². The van der Waals surface area contributed by atoms with Crippen molar-refractivity contribution in [2.75, 3.05) is 0 Å². The Morgan fingerprint density at radius 2 is 1.05 bits per heavy atom. The molecule has 0 bridgehead atoms. The summed E-state index contributed by atoms with van der Waals surface area (Å²) in [6.07, 6.45) is 0.880. The van der Waals surface area contributed by atoms with Crippen LogP contribution in [0.3, 0.4) is 0 Å². The van der Waals surface area contributed by atoms with E-state index < -0.39 is 24.0 Å². The molecule has 0 fully saturated rings. The molecule has 0 aromatic rings. The van der Waals surface area contributed by atoms with Crippen molar-refractivity contribution in [3.63, 3.8) is 0 Å². The molecule has 7 heteroatoms. The van der Waals surface area contributed by atoms with Crippen LogP contribution in [0.4, 0.5) is 0 Å². The third kappa shape index (κ3) is 17.7. The molecule has 2 radical (unpaired) electrons. The van der Waals surface area contributed by atoms with Crippen LogP contribution < -0.4 is 0 Å². The van der Waals surface area contributed by atoms with Gasteiger partial charge in [-0.2, -0.15) is 0 Å². The van der Waals surface area contributed by atoms with Gasteiger partial charge in [-0.15, -0.1) is 0 Å². The number of rotatable bonds is 6. The zero-order valence-electron chi connectivity index (χ0n) is 11.9. The molecule has 0 heterocycles. The van der Waals surface area contributed by atoms with E-state index in [1.807, 2.05) is 27.7 Å². The Labute approximate surface area is 131 Å². The molecule has 0 amide bonds. The molecular formula is C12H24N2O4Sn. The van der Waals surface area contributed by atoms with Crippen LogP contribution in [0.5, 0.6) is 0 Å². The molecule has 0 rings (SSSR count). The number of hydrogen-bond acceptors (Lipinski definition) is 2. The molecule has 0 spiro atoms. The monoisotopic (exact) mass is 380 g/mol. The normalized spacial score (nSPS) is 13.1. The number of carboxylic acid groups (broad SMARTS) is 2. The van der Waals surface area contributed by atoms with Gasteiger partial charge >= 0.3 is 23.9 Å². The minimum Gasteiger partial charge on any atom is -0.665 e. The van der Waals surface area contributed by atoms with E-state index in [-0.39, 0.29) is 23.9 Å². The fraction of sp³-hybridized carbons (Fsp3) is 0.833. The number of hydrogen-bond donors (Lipinski definition) is 2. The molecule has 0 aliphatic heterocycles. The Morgan fingerprint density at radius 1 is 0.842 bits per heavy atom. The molecule has 4 N–H and O–H groups in total. The molecule has 0 aliphatic rings. The van der Waals surface area contributed by atoms with Crippen molar-refractivity contribution in [2.24, 2.45) is 11.8 Å². The Balaban J connectivity index is -0.000000256. The third-order valence-electron chi connectivity index (χ3n) is 2.01. The molecule has 0 saturated carbocycles. The van der Waals surface area contributed by atoms with E-state index in [0.29, 0.717) is 24.7 Å². The molecule has 2 unspecified atom stereocenters. The van der Waals surface area contributed by atoms with Gasteiger partial charge in [0.25, 0.3) is 11.9 Å². The Morgan fingerprint density at radius 3 is 1.11 bits per heavy atom. The van der Waals surface area contributed by atoms with Crippen LogP contribution in [0.1, 0.15) is 40.5 Å².